The number of para-hydroxylation sites is 4. The van der Waals surface area contributed by atoms with E-state index in [9.17, 15) is 4.79 Å². The Bertz CT molecular complexity index is 3260. The fourth-order valence-electron chi connectivity index (χ4n) is 8.29. The maximum atomic E-state index is 13.5. The van der Waals surface area contributed by atoms with E-state index in [0.29, 0.717) is 21.9 Å². The van der Waals surface area contributed by atoms with E-state index < -0.39 is 0 Å². The molecule has 0 aliphatic rings. The molecular formula is C49H29NO2. The molecule has 8 aromatic carbocycles. The fourth-order valence-corrected chi connectivity index (χ4v) is 8.29. The molecule has 0 aliphatic carbocycles. The Morgan fingerprint density at radius 1 is 0.365 bits per heavy atom. The standard InChI is InChI=1S/C49H29NO2/c51-48-42-16-5-7-22-46(42)52-49-37(17-9-20-43(48)49)33-14-8-13-31(25-33)35-26-34(30-11-2-1-3-12-30)27-36(28-35)32-23-24-39-41-19-10-18-40-38-15-4-6-21-44(38)50(47(40)41)45(39)29-32/h1-29H. The minimum atomic E-state index is -0.0128. The lowest BCUT2D eigenvalue weighted by molar-refractivity contribution is 0.661. The third-order valence-electron chi connectivity index (χ3n) is 10.7. The van der Waals surface area contributed by atoms with Crippen LogP contribution in [-0.4, -0.2) is 4.40 Å². The largest absolute Gasteiger partial charge is 0.455 e. The third-order valence-corrected chi connectivity index (χ3v) is 10.7. The minimum absolute atomic E-state index is 0.0128. The summed E-state index contributed by atoms with van der Waals surface area (Å²) < 4.78 is 8.85. The molecule has 0 unspecified atom stereocenters. The lowest BCUT2D eigenvalue weighted by Crippen LogP contribution is -2.02. The Hall–Kier alpha value is -6.97. The van der Waals surface area contributed by atoms with Gasteiger partial charge in [0.15, 0.2) is 0 Å². The van der Waals surface area contributed by atoms with E-state index in [2.05, 4.69) is 138 Å². The first kappa shape index (κ1) is 28.8. The molecule has 3 nitrogen and oxygen atoms in total. The molecule has 11 aromatic rings. The highest BCUT2D eigenvalue weighted by atomic mass is 16.3. The quantitative estimate of drug-likeness (QED) is 0.176. The number of hydrogen-bond acceptors (Lipinski definition) is 2. The van der Waals surface area contributed by atoms with Crippen LogP contribution in [0.25, 0.3) is 105 Å². The van der Waals surface area contributed by atoms with Crippen molar-refractivity contribution in [3.8, 4) is 44.5 Å². The van der Waals surface area contributed by atoms with E-state index in [1.807, 2.05) is 42.5 Å². The van der Waals surface area contributed by atoms with Crippen LogP contribution in [0.1, 0.15) is 0 Å². The molecule has 0 aliphatic heterocycles. The summed E-state index contributed by atoms with van der Waals surface area (Å²) in [7, 11) is 0. The highest BCUT2D eigenvalue weighted by Gasteiger charge is 2.18. The Labute approximate surface area is 298 Å². The molecule has 0 amide bonds. The lowest BCUT2D eigenvalue weighted by atomic mass is 9.91. The van der Waals surface area contributed by atoms with Crippen LogP contribution in [0.5, 0.6) is 0 Å². The van der Waals surface area contributed by atoms with E-state index in [-0.39, 0.29) is 5.43 Å². The number of nitrogens with zero attached hydrogens (tertiary/aromatic N) is 1. The van der Waals surface area contributed by atoms with Crippen LogP contribution in [0.4, 0.5) is 0 Å². The van der Waals surface area contributed by atoms with Gasteiger partial charge in [-0.15, -0.1) is 0 Å². The first-order chi connectivity index (χ1) is 25.7. The maximum Gasteiger partial charge on any atom is 0.200 e. The summed E-state index contributed by atoms with van der Waals surface area (Å²) in [6.45, 7) is 0. The van der Waals surface area contributed by atoms with E-state index in [1.54, 1.807) is 0 Å². The average Bonchev–Trinajstić information content (AvgIpc) is 3.73. The highest BCUT2D eigenvalue weighted by molar-refractivity contribution is 6.23. The van der Waals surface area contributed by atoms with Gasteiger partial charge in [0.1, 0.15) is 11.2 Å². The Kier molecular flexibility index (Phi) is 6.11. The number of hydrogen-bond donors (Lipinski definition) is 0. The van der Waals surface area contributed by atoms with Gasteiger partial charge in [-0.1, -0.05) is 121 Å². The molecular weight excluding hydrogens is 635 g/mol. The van der Waals surface area contributed by atoms with Gasteiger partial charge in [-0.05, 0) is 93.5 Å². The number of rotatable bonds is 4. The molecule has 0 saturated carbocycles. The number of fused-ring (bicyclic) bond motifs is 8. The minimum Gasteiger partial charge on any atom is -0.455 e. The number of aromatic nitrogens is 1. The Balaban J connectivity index is 1.11. The van der Waals surface area contributed by atoms with Gasteiger partial charge in [0, 0.05) is 27.1 Å². The molecule has 0 atom stereocenters. The van der Waals surface area contributed by atoms with Crippen molar-refractivity contribution in [1.29, 1.82) is 0 Å². The Morgan fingerprint density at radius 3 is 1.75 bits per heavy atom. The molecule has 0 fully saturated rings. The van der Waals surface area contributed by atoms with Crippen molar-refractivity contribution in [3.05, 3.63) is 186 Å². The van der Waals surface area contributed by atoms with Crippen molar-refractivity contribution in [2.24, 2.45) is 0 Å². The topological polar surface area (TPSA) is 34.6 Å². The van der Waals surface area contributed by atoms with Crippen LogP contribution in [0.15, 0.2) is 185 Å². The summed E-state index contributed by atoms with van der Waals surface area (Å²) in [6.07, 6.45) is 0. The second-order valence-corrected chi connectivity index (χ2v) is 13.6. The van der Waals surface area contributed by atoms with Crippen molar-refractivity contribution in [1.82, 2.24) is 4.40 Å². The summed E-state index contributed by atoms with van der Waals surface area (Å²) in [5.74, 6) is 0. The van der Waals surface area contributed by atoms with E-state index in [0.717, 1.165) is 44.5 Å². The van der Waals surface area contributed by atoms with Gasteiger partial charge in [0.2, 0.25) is 5.43 Å². The molecule has 3 heteroatoms. The smallest absolute Gasteiger partial charge is 0.200 e. The van der Waals surface area contributed by atoms with E-state index >= 15 is 0 Å². The molecule has 0 bridgehead atoms. The summed E-state index contributed by atoms with van der Waals surface area (Å²) >= 11 is 0. The monoisotopic (exact) mass is 663 g/mol. The van der Waals surface area contributed by atoms with Crippen molar-refractivity contribution in [2.75, 3.05) is 0 Å². The average molecular weight is 664 g/mol. The zero-order chi connectivity index (χ0) is 34.3. The fraction of sp³-hybridized carbons (Fsp3) is 0. The molecule has 3 aromatic heterocycles. The molecule has 0 radical (unpaired) electrons. The van der Waals surface area contributed by atoms with Gasteiger partial charge >= 0.3 is 0 Å². The van der Waals surface area contributed by atoms with Gasteiger partial charge in [-0.25, -0.2) is 0 Å². The molecule has 3 heterocycles. The molecule has 0 spiro atoms. The van der Waals surface area contributed by atoms with Gasteiger partial charge < -0.3 is 8.82 Å². The number of benzene rings is 8. The molecule has 242 valence electrons. The molecule has 0 saturated heterocycles. The molecule has 11 rings (SSSR count). The van der Waals surface area contributed by atoms with E-state index in [1.165, 1.54) is 38.1 Å². The zero-order valence-corrected chi connectivity index (χ0v) is 28.0. The second kappa shape index (κ2) is 11.0. The zero-order valence-electron chi connectivity index (χ0n) is 28.0. The normalized spacial score (nSPS) is 11.9. The SMILES string of the molecule is O=c1c2ccccc2oc2c(-c3cccc(-c4cc(-c5ccccc5)cc(-c5ccc6c7cccc8c9ccccc9n(c6c5)c87)c4)c3)cccc12. The van der Waals surface area contributed by atoms with Gasteiger partial charge in [-0.2, -0.15) is 0 Å². The van der Waals surface area contributed by atoms with Crippen LogP contribution in [-0.2, 0) is 0 Å². The maximum absolute atomic E-state index is 13.5. The van der Waals surface area contributed by atoms with Gasteiger partial charge in [0.25, 0.3) is 0 Å². The van der Waals surface area contributed by atoms with E-state index in [4.69, 9.17) is 4.42 Å². The summed E-state index contributed by atoms with van der Waals surface area (Å²) in [5.41, 5.74) is 13.6. The molecule has 0 N–H and O–H groups in total. The van der Waals surface area contributed by atoms with Gasteiger partial charge in [-0.3, -0.25) is 4.79 Å². The molecule has 52 heavy (non-hydrogen) atoms. The highest BCUT2D eigenvalue weighted by Crippen LogP contribution is 2.41. The Morgan fingerprint density at radius 2 is 0.923 bits per heavy atom. The van der Waals surface area contributed by atoms with Crippen LogP contribution >= 0.6 is 0 Å². The van der Waals surface area contributed by atoms with Crippen molar-refractivity contribution in [3.63, 3.8) is 0 Å². The predicted octanol–water partition coefficient (Wildman–Crippen LogP) is 12.8. The first-order valence-corrected chi connectivity index (χ1v) is 17.6. The summed E-state index contributed by atoms with van der Waals surface area (Å²) in [5, 5.41) is 6.29. The summed E-state index contributed by atoms with van der Waals surface area (Å²) in [4.78, 5) is 13.5. The lowest BCUT2D eigenvalue weighted by Gasteiger charge is -2.13. The third kappa shape index (κ3) is 4.23. The van der Waals surface area contributed by atoms with Crippen molar-refractivity contribution < 1.29 is 4.42 Å². The van der Waals surface area contributed by atoms with Crippen molar-refractivity contribution >= 4 is 60.0 Å². The van der Waals surface area contributed by atoms with Crippen LogP contribution in [0.2, 0.25) is 0 Å². The van der Waals surface area contributed by atoms with Gasteiger partial charge in [0.05, 0.1) is 27.3 Å². The second-order valence-electron chi connectivity index (χ2n) is 13.6. The van der Waals surface area contributed by atoms with Crippen molar-refractivity contribution in [2.45, 2.75) is 0 Å². The predicted molar refractivity (Wildman–Crippen MR) is 216 cm³/mol. The first-order valence-electron chi connectivity index (χ1n) is 17.6. The summed E-state index contributed by atoms with van der Waals surface area (Å²) in [6, 6.07) is 61.6. The van der Waals surface area contributed by atoms with Crippen LogP contribution in [0.3, 0.4) is 0 Å². The van der Waals surface area contributed by atoms with Crippen LogP contribution < -0.4 is 5.43 Å². The van der Waals surface area contributed by atoms with Crippen LogP contribution in [0, 0.1) is 0 Å².